The summed E-state index contributed by atoms with van der Waals surface area (Å²) in [6.07, 6.45) is 0. The predicted octanol–water partition coefficient (Wildman–Crippen LogP) is 3.70. The summed E-state index contributed by atoms with van der Waals surface area (Å²) in [5, 5.41) is 0. The Morgan fingerprint density at radius 3 is 2.48 bits per heavy atom. The number of esters is 1. The van der Waals surface area contributed by atoms with Gasteiger partial charge in [0.25, 0.3) is 0 Å². The molecule has 122 valence electrons. The number of anilines is 2. The highest BCUT2D eigenvalue weighted by Gasteiger charge is 2.17. The van der Waals surface area contributed by atoms with E-state index in [2.05, 4.69) is 15.9 Å². The number of ether oxygens (including phenoxy) is 1. The van der Waals surface area contributed by atoms with Crippen molar-refractivity contribution in [1.29, 1.82) is 0 Å². The molecule has 2 rings (SSSR count). The van der Waals surface area contributed by atoms with Crippen LogP contribution in [0.25, 0.3) is 0 Å². The van der Waals surface area contributed by atoms with Gasteiger partial charge in [0.05, 0.1) is 34.8 Å². The second kappa shape index (κ2) is 7.67. The van der Waals surface area contributed by atoms with Gasteiger partial charge in [0.1, 0.15) is 5.82 Å². The van der Waals surface area contributed by atoms with E-state index in [0.29, 0.717) is 0 Å². The number of halogens is 2. The fourth-order valence-corrected chi connectivity index (χ4v) is 2.76. The molecule has 0 aromatic heterocycles. The second-order valence-corrected chi connectivity index (χ2v) is 6.09. The first-order valence-corrected chi connectivity index (χ1v) is 8.38. The van der Waals surface area contributed by atoms with Crippen LogP contribution in [0.15, 0.2) is 46.9 Å². The molecule has 0 heterocycles. The van der Waals surface area contributed by atoms with Crippen molar-refractivity contribution in [3.8, 4) is 0 Å². The number of hydrogen-bond donors (Lipinski definition) is 0. The minimum absolute atomic E-state index is 0.0144. The molecule has 2 aromatic rings. The van der Waals surface area contributed by atoms with E-state index in [4.69, 9.17) is 4.74 Å². The lowest BCUT2D eigenvalue weighted by molar-refractivity contribution is 0.0526. The molecular formula is C15H12BrFNO4S-. The number of nitrogens with zero attached hydrogens (tertiary/aromatic N) is 1. The Morgan fingerprint density at radius 1 is 1.30 bits per heavy atom. The summed E-state index contributed by atoms with van der Waals surface area (Å²) < 4.78 is 43.7. The minimum Gasteiger partial charge on any atom is -0.755 e. The first-order valence-electron chi connectivity index (χ1n) is 6.55. The molecule has 23 heavy (non-hydrogen) atoms. The van der Waals surface area contributed by atoms with Crippen molar-refractivity contribution in [3.05, 3.63) is 58.3 Å². The van der Waals surface area contributed by atoms with Gasteiger partial charge in [-0.05, 0) is 49.4 Å². The van der Waals surface area contributed by atoms with E-state index in [1.807, 2.05) is 0 Å². The maximum Gasteiger partial charge on any atom is 0.338 e. The number of carbonyl (C=O) groups excluding carboxylic acids is 1. The molecule has 0 aliphatic heterocycles. The molecule has 0 N–H and O–H groups in total. The van der Waals surface area contributed by atoms with Gasteiger partial charge in [-0.1, -0.05) is 15.9 Å². The standard InChI is InChI=1S/C15H13BrFNO4S/c1-2-22-15(19)10-3-8-14(13(17)9-10)18(23(20)21)12-6-4-11(16)5-7-12/h3-9H,2H2,1H3,(H,20,21)/p-1. The molecular weight excluding hydrogens is 389 g/mol. The van der Waals surface area contributed by atoms with E-state index < -0.39 is 23.1 Å². The van der Waals surface area contributed by atoms with Crippen molar-refractivity contribution < 1.29 is 22.7 Å². The van der Waals surface area contributed by atoms with E-state index >= 15 is 0 Å². The third-order valence-electron chi connectivity index (χ3n) is 2.89. The van der Waals surface area contributed by atoms with Crippen molar-refractivity contribution in [2.24, 2.45) is 0 Å². The lowest BCUT2D eigenvalue weighted by Gasteiger charge is -2.27. The van der Waals surface area contributed by atoms with Crippen LogP contribution in [0.1, 0.15) is 17.3 Å². The second-order valence-electron chi connectivity index (χ2n) is 4.37. The average molecular weight is 401 g/mol. The zero-order valence-electron chi connectivity index (χ0n) is 12.0. The molecule has 1 atom stereocenters. The van der Waals surface area contributed by atoms with E-state index in [9.17, 15) is 17.9 Å². The number of carbonyl (C=O) groups is 1. The highest BCUT2D eigenvalue weighted by molar-refractivity contribution is 9.10. The molecule has 0 fully saturated rings. The SMILES string of the molecule is CCOC(=O)c1ccc(N(c2ccc(Br)cc2)S(=O)[O-])c(F)c1. The van der Waals surface area contributed by atoms with Crippen LogP contribution in [0, 0.1) is 5.82 Å². The number of hydrogen-bond acceptors (Lipinski definition) is 4. The van der Waals surface area contributed by atoms with Crippen LogP contribution in [0.3, 0.4) is 0 Å². The Balaban J connectivity index is 2.42. The summed E-state index contributed by atoms with van der Waals surface area (Å²) in [5.41, 5.74) is 0.0959. The van der Waals surface area contributed by atoms with Crippen molar-refractivity contribution in [1.82, 2.24) is 0 Å². The third-order valence-corrected chi connectivity index (χ3v) is 4.12. The van der Waals surface area contributed by atoms with Crippen LogP contribution in [0.4, 0.5) is 15.8 Å². The maximum atomic E-state index is 14.3. The van der Waals surface area contributed by atoms with Gasteiger partial charge in [-0.3, -0.25) is 8.51 Å². The summed E-state index contributed by atoms with van der Waals surface area (Å²) >= 11 is 0.513. The molecule has 0 bridgehead atoms. The first-order chi connectivity index (χ1) is 10.9. The van der Waals surface area contributed by atoms with Gasteiger partial charge in [0, 0.05) is 4.47 Å². The van der Waals surface area contributed by atoms with Gasteiger partial charge in [0.2, 0.25) is 0 Å². The van der Waals surface area contributed by atoms with Gasteiger partial charge in [-0.15, -0.1) is 0 Å². The van der Waals surface area contributed by atoms with Crippen LogP contribution in [0.5, 0.6) is 0 Å². The monoisotopic (exact) mass is 400 g/mol. The van der Waals surface area contributed by atoms with Gasteiger partial charge < -0.3 is 9.29 Å². The maximum absolute atomic E-state index is 14.3. The largest absolute Gasteiger partial charge is 0.755 e. The zero-order valence-corrected chi connectivity index (χ0v) is 14.4. The third kappa shape index (κ3) is 4.15. The molecule has 0 aliphatic carbocycles. The molecule has 0 radical (unpaired) electrons. The number of rotatable bonds is 5. The van der Waals surface area contributed by atoms with E-state index in [1.165, 1.54) is 24.3 Å². The Hall–Kier alpha value is -1.77. The lowest BCUT2D eigenvalue weighted by atomic mass is 10.2. The summed E-state index contributed by atoms with van der Waals surface area (Å²) in [5.74, 6) is -1.51. The van der Waals surface area contributed by atoms with Crippen molar-refractivity contribution in [3.63, 3.8) is 0 Å². The number of benzene rings is 2. The summed E-state index contributed by atoms with van der Waals surface area (Å²) in [6, 6.07) is 9.82. The highest BCUT2D eigenvalue weighted by Crippen LogP contribution is 2.30. The van der Waals surface area contributed by atoms with Gasteiger partial charge in [-0.25, -0.2) is 9.18 Å². The first kappa shape index (κ1) is 17.6. The topological polar surface area (TPSA) is 69.7 Å². The highest BCUT2D eigenvalue weighted by atomic mass is 79.9. The molecule has 0 saturated carbocycles. The smallest absolute Gasteiger partial charge is 0.338 e. The van der Waals surface area contributed by atoms with Gasteiger partial charge in [0.15, 0.2) is 0 Å². The molecule has 8 heteroatoms. The minimum atomic E-state index is -2.73. The predicted molar refractivity (Wildman–Crippen MR) is 87.6 cm³/mol. The van der Waals surface area contributed by atoms with Crippen LogP contribution >= 0.6 is 15.9 Å². The van der Waals surface area contributed by atoms with E-state index in [0.717, 1.165) is 14.8 Å². The van der Waals surface area contributed by atoms with Crippen LogP contribution in [0.2, 0.25) is 0 Å². The fourth-order valence-electron chi connectivity index (χ4n) is 1.89. The average Bonchev–Trinajstić information content (AvgIpc) is 2.51. The van der Waals surface area contributed by atoms with Gasteiger partial charge in [-0.2, -0.15) is 0 Å². The molecule has 0 spiro atoms. The van der Waals surface area contributed by atoms with Crippen molar-refractivity contribution in [2.75, 3.05) is 10.9 Å². The molecule has 2 aromatic carbocycles. The van der Waals surface area contributed by atoms with Crippen LogP contribution in [-0.2, 0) is 16.0 Å². The normalized spacial score (nSPS) is 11.8. The van der Waals surface area contributed by atoms with Crippen LogP contribution < -0.4 is 4.31 Å². The Morgan fingerprint density at radius 2 is 1.96 bits per heavy atom. The Kier molecular flexibility index (Phi) is 5.86. The molecule has 0 aliphatic rings. The molecule has 5 nitrogen and oxygen atoms in total. The molecule has 1 unspecified atom stereocenters. The zero-order chi connectivity index (χ0) is 17.0. The van der Waals surface area contributed by atoms with E-state index in [-0.39, 0.29) is 23.5 Å². The van der Waals surface area contributed by atoms with E-state index in [1.54, 1.807) is 19.1 Å². The Labute approximate surface area is 143 Å². The quantitative estimate of drug-likeness (QED) is 0.566. The summed E-state index contributed by atoms with van der Waals surface area (Å²) in [6.45, 7) is 1.80. The molecule has 0 amide bonds. The fraction of sp³-hybridized carbons (Fsp3) is 0.133. The summed E-state index contributed by atoms with van der Waals surface area (Å²) in [7, 11) is 0. The Bertz CT molecular complexity index is 739. The van der Waals surface area contributed by atoms with Crippen LogP contribution in [-0.4, -0.2) is 21.3 Å². The van der Waals surface area contributed by atoms with Crippen molar-refractivity contribution >= 4 is 44.5 Å². The summed E-state index contributed by atoms with van der Waals surface area (Å²) in [4.78, 5) is 11.6. The van der Waals surface area contributed by atoms with Crippen molar-refractivity contribution in [2.45, 2.75) is 6.92 Å². The molecule has 0 saturated heterocycles. The lowest BCUT2D eigenvalue weighted by Crippen LogP contribution is -2.21. The van der Waals surface area contributed by atoms with Gasteiger partial charge >= 0.3 is 5.97 Å².